The summed E-state index contributed by atoms with van der Waals surface area (Å²) >= 11 is 0. The van der Waals surface area contributed by atoms with Crippen molar-refractivity contribution in [3.63, 3.8) is 0 Å². The highest BCUT2D eigenvalue weighted by Crippen LogP contribution is 2.16. The van der Waals surface area contributed by atoms with Crippen molar-refractivity contribution in [3.8, 4) is 17.7 Å². The molecule has 0 amide bonds. The number of nitriles is 1. The van der Waals surface area contributed by atoms with E-state index in [0.717, 1.165) is 0 Å². The first-order valence-corrected chi connectivity index (χ1v) is 3.68. The smallest absolute Gasteiger partial charge is 0.264 e. The maximum Gasteiger partial charge on any atom is 0.264 e. The highest BCUT2D eigenvalue weighted by Gasteiger charge is 2.07. The van der Waals surface area contributed by atoms with Crippen LogP contribution in [0.25, 0.3) is 11.6 Å². The van der Waals surface area contributed by atoms with Gasteiger partial charge in [0.05, 0.1) is 5.56 Å². The number of hydrogen-bond donors (Lipinski definition) is 1. The van der Waals surface area contributed by atoms with Crippen LogP contribution in [0.4, 0.5) is 0 Å². The van der Waals surface area contributed by atoms with Crippen LogP contribution in [0.1, 0.15) is 11.5 Å². The summed E-state index contributed by atoms with van der Waals surface area (Å²) in [5.41, 5.74) is 1.21. The van der Waals surface area contributed by atoms with Crippen molar-refractivity contribution >= 4 is 0 Å². The van der Waals surface area contributed by atoms with Gasteiger partial charge in [-0.1, -0.05) is 0 Å². The molecule has 0 spiro atoms. The van der Waals surface area contributed by atoms with E-state index in [1.54, 1.807) is 19.2 Å². The lowest BCUT2D eigenvalue weighted by Gasteiger charge is -1.84. The van der Waals surface area contributed by atoms with Gasteiger partial charge in [0.15, 0.2) is 0 Å². The molecular formula is C8H6N4O. The molecule has 2 rings (SSSR count). The lowest BCUT2D eigenvalue weighted by Crippen LogP contribution is -1.75. The fraction of sp³-hybridized carbons (Fsp3) is 0.125. The van der Waals surface area contributed by atoms with Crippen LogP contribution >= 0.6 is 0 Å². The Morgan fingerprint density at radius 2 is 2.38 bits per heavy atom. The van der Waals surface area contributed by atoms with E-state index < -0.39 is 0 Å². The Balaban J connectivity index is 2.42. The fourth-order valence-corrected chi connectivity index (χ4v) is 0.988. The summed E-state index contributed by atoms with van der Waals surface area (Å²) in [5, 5.41) is 16.1. The molecule has 0 aliphatic carbocycles. The molecule has 0 saturated carbocycles. The SMILES string of the molecule is Cc1nnc(-c2cc(C#N)c[nH]2)o1. The molecule has 0 fully saturated rings. The molecule has 0 atom stereocenters. The van der Waals surface area contributed by atoms with Crippen molar-refractivity contribution in [1.82, 2.24) is 15.2 Å². The number of rotatable bonds is 1. The summed E-state index contributed by atoms with van der Waals surface area (Å²) in [7, 11) is 0. The average Bonchev–Trinajstić information content (AvgIpc) is 2.71. The second kappa shape index (κ2) is 2.75. The van der Waals surface area contributed by atoms with E-state index in [-0.39, 0.29) is 0 Å². The van der Waals surface area contributed by atoms with E-state index in [1.165, 1.54) is 0 Å². The molecule has 0 aliphatic rings. The van der Waals surface area contributed by atoms with Gasteiger partial charge in [-0.15, -0.1) is 10.2 Å². The van der Waals surface area contributed by atoms with E-state index in [2.05, 4.69) is 15.2 Å². The lowest BCUT2D eigenvalue weighted by atomic mass is 10.3. The number of H-pyrrole nitrogens is 1. The number of aromatic amines is 1. The molecule has 1 N–H and O–H groups in total. The summed E-state index contributed by atoms with van der Waals surface area (Å²) in [6, 6.07) is 3.66. The van der Waals surface area contributed by atoms with Crippen molar-refractivity contribution in [2.75, 3.05) is 0 Å². The number of nitrogens with one attached hydrogen (secondary N) is 1. The van der Waals surface area contributed by atoms with Gasteiger partial charge in [-0.3, -0.25) is 0 Å². The van der Waals surface area contributed by atoms with Crippen molar-refractivity contribution in [2.24, 2.45) is 0 Å². The van der Waals surface area contributed by atoms with Crippen LogP contribution < -0.4 is 0 Å². The maximum absolute atomic E-state index is 8.57. The van der Waals surface area contributed by atoms with Crippen LogP contribution in [0, 0.1) is 18.3 Å². The Morgan fingerprint density at radius 1 is 1.54 bits per heavy atom. The highest BCUT2D eigenvalue weighted by atomic mass is 16.4. The van der Waals surface area contributed by atoms with E-state index in [1.807, 2.05) is 6.07 Å². The van der Waals surface area contributed by atoms with Crippen LogP contribution in [0.15, 0.2) is 16.7 Å². The van der Waals surface area contributed by atoms with Crippen molar-refractivity contribution in [3.05, 3.63) is 23.7 Å². The molecule has 0 saturated heterocycles. The third-order valence-corrected chi connectivity index (χ3v) is 1.57. The Bertz CT molecular complexity index is 462. The zero-order chi connectivity index (χ0) is 9.26. The number of nitrogens with zero attached hydrogens (tertiary/aromatic N) is 3. The molecule has 13 heavy (non-hydrogen) atoms. The lowest BCUT2D eigenvalue weighted by molar-refractivity contribution is 0.531. The van der Waals surface area contributed by atoms with Gasteiger partial charge in [-0.2, -0.15) is 5.26 Å². The fourth-order valence-electron chi connectivity index (χ4n) is 0.988. The van der Waals surface area contributed by atoms with Gasteiger partial charge in [0.2, 0.25) is 5.89 Å². The molecule has 64 valence electrons. The van der Waals surface area contributed by atoms with Gasteiger partial charge in [0.1, 0.15) is 11.8 Å². The van der Waals surface area contributed by atoms with Crippen molar-refractivity contribution < 1.29 is 4.42 Å². The molecule has 2 aromatic rings. The Morgan fingerprint density at radius 3 is 2.92 bits per heavy atom. The van der Waals surface area contributed by atoms with Gasteiger partial charge < -0.3 is 9.40 Å². The number of aromatic nitrogens is 3. The second-order valence-corrected chi connectivity index (χ2v) is 2.54. The van der Waals surface area contributed by atoms with Crippen LogP contribution in [0.2, 0.25) is 0 Å². The predicted octanol–water partition coefficient (Wildman–Crippen LogP) is 1.24. The largest absolute Gasteiger partial charge is 0.420 e. The highest BCUT2D eigenvalue weighted by molar-refractivity contribution is 5.51. The van der Waals surface area contributed by atoms with Crippen LogP contribution in [0.3, 0.4) is 0 Å². The van der Waals surface area contributed by atoms with E-state index >= 15 is 0 Å². The normalized spacial score (nSPS) is 9.85. The van der Waals surface area contributed by atoms with Gasteiger partial charge in [-0.25, -0.2) is 0 Å². The predicted molar refractivity (Wildman–Crippen MR) is 43.5 cm³/mol. The van der Waals surface area contributed by atoms with Gasteiger partial charge in [0, 0.05) is 13.1 Å². The Kier molecular flexibility index (Phi) is 1.60. The first-order valence-electron chi connectivity index (χ1n) is 3.68. The number of hydrogen-bond acceptors (Lipinski definition) is 4. The molecule has 2 aromatic heterocycles. The summed E-state index contributed by atoms with van der Waals surface area (Å²) in [6.07, 6.45) is 1.59. The van der Waals surface area contributed by atoms with Gasteiger partial charge in [0.25, 0.3) is 5.89 Å². The Hall–Kier alpha value is -2.09. The Labute approximate surface area is 74.0 Å². The number of aryl methyl sites for hydroxylation is 1. The summed E-state index contributed by atoms with van der Waals surface area (Å²) < 4.78 is 5.16. The molecular weight excluding hydrogens is 168 g/mol. The quantitative estimate of drug-likeness (QED) is 0.705. The van der Waals surface area contributed by atoms with Crippen LogP contribution in [0.5, 0.6) is 0 Å². The average molecular weight is 174 g/mol. The minimum atomic E-state index is 0.402. The van der Waals surface area contributed by atoms with Crippen LogP contribution in [-0.4, -0.2) is 15.2 Å². The molecule has 0 unspecified atom stereocenters. The zero-order valence-electron chi connectivity index (χ0n) is 6.90. The summed E-state index contributed by atoms with van der Waals surface area (Å²) in [6.45, 7) is 1.71. The minimum Gasteiger partial charge on any atom is -0.420 e. The summed E-state index contributed by atoms with van der Waals surface area (Å²) in [4.78, 5) is 2.87. The van der Waals surface area contributed by atoms with E-state index in [0.29, 0.717) is 23.0 Å². The van der Waals surface area contributed by atoms with Crippen molar-refractivity contribution in [2.45, 2.75) is 6.92 Å². The standard InChI is InChI=1S/C8H6N4O/c1-5-11-12-8(13-5)7-2-6(3-9)4-10-7/h2,4,10H,1H3. The first-order chi connectivity index (χ1) is 6.29. The molecule has 0 aliphatic heterocycles. The van der Waals surface area contributed by atoms with E-state index in [9.17, 15) is 0 Å². The molecule has 0 aromatic carbocycles. The minimum absolute atomic E-state index is 0.402. The summed E-state index contributed by atoms with van der Waals surface area (Å²) in [5.74, 6) is 0.905. The molecule has 5 heteroatoms. The molecule has 5 nitrogen and oxygen atoms in total. The second-order valence-electron chi connectivity index (χ2n) is 2.54. The van der Waals surface area contributed by atoms with Crippen molar-refractivity contribution in [1.29, 1.82) is 5.26 Å². The third-order valence-electron chi connectivity index (χ3n) is 1.57. The van der Waals surface area contributed by atoms with Gasteiger partial charge >= 0.3 is 0 Å². The monoisotopic (exact) mass is 174 g/mol. The molecule has 0 radical (unpaired) electrons. The molecule has 2 heterocycles. The van der Waals surface area contributed by atoms with Crippen LogP contribution in [-0.2, 0) is 0 Å². The topological polar surface area (TPSA) is 78.5 Å². The maximum atomic E-state index is 8.57. The van der Waals surface area contributed by atoms with E-state index in [4.69, 9.17) is 9.68 Å². The third kappa shape index (κ3) is 1.29. The van der Waals surface area contributed by atoms with Gasteiger partial charge in [-0.05, 0) is 6.07 Å². The zero-order valence-corrected chi connectivity index (χ0v) is 6.90. The molecule has 0 bridgehead atoms. The first kappa shape index (κ1) is 7.55.